The van der Waals surface area contributed by atoms with Crippen LogP contribution in [0, 0.1) is 5.41 Å². The van der Waals surface area contributed by atoms with E-state index in [1.165, 1.54) is 19.3 Å². The molecule has 0 fully saturated rings. The summed E-state index contributed by atoms with van der Waals surface area (Å²) >= 11 is 1.61. The molecule has 0 bridgehead atoms. The van der Waals surface area contributed by atoms with Gasteiger partial charge in [-0.1, -0.05) is 0 Å². The molecule has 1 rings (SSSR count). The van der Waals surface area contributed by atoms with Gasteiger partial charge in [-0.05, 0) is 0 Å². The Morgan fingerprint density at radius 2 is 1.56 bits per heavy atom. The molecule has 1 aliphatic carbocycles. The molecule has 0 aromatic rings. The van der Waals surface area contributed by atoms with E-state index in [1.54, 1.807) is 44.7 Å². The van der Waals surface area contributed by atoms with Crippen LogP contribution in [0.5, 0.6) is 0 Å². The maximum atomic E-state index is 2.43. The van der Waals surface area contributed by atoms with Gasteiger partial charge in [0.25, 0.3) is 0 Å². The predicted molar refractivity (Wildman–Crippen MR) is 63.7 cm³/mol. The third-order valence-electron chi connectivity index (χ3n) is 3.91. The summed E-state index contributed by atoms with van der Waals surface area (Å²) in [6.45, 7) is 11.6. The molecule has 0 amide bonds. The standard InChI is InChI=1S/C13H21.2FH.Zr/c1-6-7-8-13(5)9-10(2)11(3)12(13)4;;;/h6-8H2,1-5H3;2*1H;. The number of halogens is 2. The largest absolute Gasteiger partial charge is 0.269 e. The van der Waals surface area contributed by atoms with Crippen molar-refractivity contribution >= 4 is 0 Å². The van der Waals surface area contributed by atoms with Crippen molar-refractivity contribution in [3.8, 4) is 0 Å². The summed E-state index contributed by atoms with van der Waals surface area (Å²) in [7, 11) is 0. The average molecular weight is 309 g/mol. The molecule has 16 heavy (non-hydrogen) atoms. The van der Waals surface area contributed by atoms with Crippen LogP contribution in [0.15, 0.2) is 20.0 Å². The minimum absolute atomic E-state index is 0. The van der Waals surface area contributed by atoms with E-state index in [-0.39, 0.29) is 9.41 Å². The van der Waals surface area contributed by atoms with Crippen molar-refractivity contribution < 1.29 is 34.1 Å². The molecule has 0 saturated carbocycles. The Morgan fingerprint density at radius 1 is 1.06 bits per heavy atom. The predicted octanol–water partition coefficient (Wildman–Crippen LogP) is 4.66. The second-order valence-corrected chi connectivity index (χ2v) is 5.91. The first kappa shape index (κ1) is 18.6. The molecule has 0 aliphatic heterocycles. The molecular formula is C13H23F2Zr. The SMILES string of the molecule is CCCCC1(C)C(C)=C(C)C(C)=[C]1[Zr].F.F. The Hall–Kier alpha value is 0.223. The Bertz CT molecular complexity index is 279. The monoisotopic (exact) mass is 307 g/mol. The normalized spacial score (nSPS) is 24.2. The number of hydrogen-bond donors (Lipinski definition) is 0. The first-order valence-electron chi connectivity index (χ1n) is 5.56. The van der Waals surface area contributed by atoms with Crippen LogP contribution in [0.2, 0.25) is 0 Å². The molecule has 1 unspecified atom stereocenters. The van der Waals surface area contributed by atoms with Crippen LogP contribution in [-0.2, 0) is 24.7 Å². The average Bonchev–Trinajstić information content (AvgIpc) is 2.32. The van der Waals surface area contributed by atoms with Gasteiger partial charge in [-0.2, -0.15) is 0 Å². The van der Waals surface area contributed by atoms with Crippen molar-refractivity contribution in [2.75, 3.05) is 0 Å². The van der Waals surface area contributed by atoms with Crippen LogP contribution < -0.4 is 0 Å². The van der Waals surface area contributed by atoms with Crippen molar-refractivity contribution in [3.05, 3.63) is 20.0 Å². The van der Waals surface area contributed by atoms with Gasteiger partial charge in [-0.3, -0.25) is 9.41 Å². The second-order valence-electron chi connectivity index (χ2n) is 4.69. The molecule has 93 valence electrons. The number of allylic oxidation sites excluding steroid dienone is 4. The topological polar surface area (TPSA) is 0 Å². The van der Waals surface area contributed by atoms with Gasteiger partial charge in [-0.25, -0.2) is 0 Å². The fraction of sp³-hybridized carbons (Fsp3) is 0.692. The van der Waals surface area contributed by atoms with Crippen LogP contribution in [0.1, 0.15) is 53.9 Å². The van der Waals surface area contributed by atoms with E-state index in [0.717, 1.165) is 0 Å². The molecule has 1 atom stereocenters. The molecule has 0 aromatic heterocycles. The summed E-state index contributed by atoms with van der Waals surface area (Å²) in [4.78, 5) is 0. The fourth-order valence-electron chi connectivity index (χ4n) is 2.33. The molecule has 3 heteroatoms. The molecule has 0 nitrogen and oxygen atoms in total. The first-order chi connectivity index (χ1) is 6.45. The van der Waals surface area contributed by atoms with Crippen molar-refractivity contribution in [1.82, 2.24) is 0 Å². The van der Waals surface area contributed by atoms with Crippen LogP contribution in [-0.4, -0.2) is 0 Å². The molecule has 0 heterocycles. The van der Waals surface area contributed by atoms with E-state index in [2.05, 4.69) is 34.6 Å². The Kier molecular flexibility index (Phi) is 7.94. The number of hydrogen-bond acceptors (Lipinski definition) is 0. The van der Waals surface area contributed by atoms with Crippen molar-refractivity contribution in [2.45, 2.75) is 53.9 Å². The minimum atomic E-state index is 0. The van der Waals surface area contributed by atoms with Gasteiger partial charge in [0.1, 0.15) is 0 Å². The van der Waals surface area contributed by atoms with Gasteiger partial charge in [-0.15, -0.1) is 0 Å². The van der Waals surface area contributed by atoms with Gasteiger partial charge in [0.05, 0.1) is 0 Å². The van der Waals surface area contributed by atoms with Gasteiger partial charge >= 0.3 is 104 Å². The third-order valence-corrected chi connectivity index (χ3v) is 6.19. The van der Waals surface area contributed by atoms with Gasteiger partial charge in [0, 0.05) is 0 Å². The molecule has 1 aliphatic rings. The van der Waals surface area contributed by atoms with Crippen LogP contribution in [0.4, 0.5) is 9.41 Å². The van der Waals surface area contributed by atoms with E-state index in [4.69, 9.17) is 0 Å². The summed E-state index contributed by atoms with van der Waals surface area (Å²) in [6, 6.07) is 0. The summed E-state index contributed by atoms with van der Waals surface area (Å²) in [5, 5.41) is 0. The first-order valence-corrected chi connectivity index (χ1v) is 6.79. The van der Waals surface area contributed by atoms with Crippen molar-refractivity contribution in [2.24, 2.45) is 5.41 Å². The molecule has 0 N–H and O–H groups in total. The fourth-order valence-corrected chi connectivity index (χ4v) is 3.56. The van der Waals surface area contributed by atoms with E-state index in [1.807, 2.05) is 0 Å². The smallest absolute Gasteiger partial charge is 0.269 e. The van der Waals surface area contributed by atoms with Crippen LogP contribution in [0.25, 0.3) is 0 Å². The van der Waals surface area contributed by atoms with E-state index in [9.17, 15) is 0 Å². The maximum Gasteiger partial charge on any atom is -0.269 e. The van der Waals surface area contributed by atoms with E-state index < -0.39 is 0 Å². The van der Waals surface area contributed by atoms with E-state index >= 15 is 0 Å². The van der Waals surface area contributed by atoms with Gasteiger partial charge < -0.3 is 0 Å². The van der Waals surface area contributed by atoms with Gasteiger partial charge in [0.15, 0.2) is 0 Å². The van der Waals surface area contributed by atoms with Crippen molar-refractivity contribution in [3.63, 3.8) is 0 Å². The molecular weight excluding hydrogens is 285 g/mol. The molecule has 0 saturated heterocycles. The van der Waals surface area contributed by atoms with Gasteiger partial charge in [0.2, 0.25) is 0 Å². The van der Waals surface area contributed by atoms with Crippen LogP contribution >= 0.6 is 0 Å². The Labute approximate surface area is 113 Å². The van der Waals surface area contributed by atoms with E-state index in [0.29, 0.717) is 5.41 Å². The zero-order valence-corrected chi connectivity index (χ0v) is 13.4. The third kappa shape index (κ3) is 2.91. The number of unbranched alkanes of at least 4 members (excludes halogenated alkanes) is 1. The van der Waals surface area contributed by atoms with Crippen molar-refractivity contribution in [1.29, 1.82) is 0 Å². The summed E-state index contributed by atoms with van der Waals surface area (Å²) in [5.41, 5.74) is 5.15. The minimum Gasteiger partial charge on any atom is -0.269 e. The molecule has 0 radical (unpaired) electrons. The summed E-state index contributed by atoms with van der Waals surface area (Å²) in [5.74, 6) is 0. The Balaban J connectivity index is 0. The zero-order chi connectivity index (χ0) is 10.9. The number of rotatable bonds is 3. The van der Waals surface area contributed by atoms with Crippen LogP contribution in [0.3, 0.4) is 0 Å². The Morgan fingerprint density at radius 3 is 1.88 bits per heavy atom. The molecule has 0 spiro atoms. The summed E-state index contributed by atoms with van der Waals surface area (Å²) < 4.78 is 1.69. The maximum absolute atomic E-state index is 2.43. The quantitative estimate of drug-likeness (QED) is 0.711. The second kappa shape index (κ2) is 6.84. The molecule has 0 aromatic carbocycles. The zero-order valence-electron chi connectivity index (χ0n) is 10.9. The summed E-state index contributed by atoms with van der Waals surface area (Å²) in [6.07, 6.45) is 4.00.